The van der Waals surface area contributed by atoms with E-state index in [2.05, 4.69) is 10.2 Å². The van der Waals surface area contributed by atoms with Crippen LogP contribution in [0.2, 0.25) is 0 Å². The number of aromatic nitrogens is 2. The fraction of sp³-hybridized carbons (Fsp3) is 0.500. The Kier molecular flexibility index (Phi) is 3.90. The van der Waals surface area contributed by atoms with Crippen LogP contribution in [0.1, 0.15) is 29.0 Å². The summed E-state index contributed by atoms with van der Waals surface area (Å²) in [7, 11) is -3.40. The van der Waals surface area contributed by atoms with E-state index in [4.69, 9.17) is 9.15 Å². The number of sulfonamides is 1. The van der Waals surface area contributed by atoms with Gasteiger partial charge in [0.1, 0.15) is 6.10 Å². The number of nitrogens with zero attached hydrogens (tertiary/aromatic N) is 3. The molecule has 1 saturated heterocycles. The van der Waals surface area contributed by atoms with Crippen molar-refractivity contribution in [2.24, 2.45) is 0 Å². The zero-order valence-electron chi connectivity index (χ0n) is 13.4. The first kappa shape index (κ1) is 15.7. The van der Waals surface area contributed by atoms with Gasteiger partial charge in [-0.1, -0.05) is 24.3 Å². The number of fused-ring (bicyclic) bond motifs is 1. The van der Waals surface area contributed by atoms with Gasteiger partial charge >= 0.3 is 0 Å². The Hall–Kier alpha value is -1.77. The summed E-state index contributed by atoms with van der Waals surface area (Å²) in [6.07, 6.45) is 0.638. The molecule has 1 aliphatic heterocycles. The first-order valence-electron chi connectivity index (χ1n) is 8.01. The Labute approximate surface area is 140 Å². The summed E-state index contributed by atoms with van der Waals surface area (Å²) in [5.41, 5.74) is 2.26. The van der Waals surface area contributed by atoms with Gasteiger partial charge in [-0.15, -0.1) is 10.2 Å². The molecule has 2 aromatic rings. The predicted molar refractivity (Wildman–Crippen MR) is 85.9 cm³/mol. The van der Waals surface area contributed by atoms with E-state index in [1.807, 2.05) is 24.3 Å². The lowest BCUT2D eigenvalue weighted by atomic mass is 10.1. The smallest absolute Gasteiger partial charge is 0.246 e. The van der Waals surface area contributed by atoms with E-state index >= 15 is 0 Å². The molecule has 1 aromatic heterocycles. The lowest BCUT2D eigenvalue weighted by Crippen LogP contribution is -2.46. The Bertz CT molecular complexity index is 824. The van der Waals surface area contributed by atoms with Crippen LogP contribution in [-0.4, -0.2) is 47.9 Å². The molecule has 0 unspecified atom stereocenters. The zero-order chi connectivity index (χ0) is 16.7. The molecule has 0 N–H and O–H groups in total. The van der Waals surface area contributed by atoms with Crippen molar-refractivity contribution in [1.29, 1.82) is 0 Å². The van der Waals surface area contributed by atoms with Crippen LogP contribution in [0.3, 0.4) is 0 Å². The number of hydrogen-bond donors (Lipinski definition) is 0. The highest BCUT2D eigenvalue weighted by Crippen LogP contribution is 2.30. The standard InChI is InChI=1S/C16H19N3O4S/c1-11-17-18-16(23-11)15-10-19(6-7-22-15)24(20,21)14-8-12-4-2-3-5-13(12)9-14/h2-5,14-15H,6-10H2,1H3/t15-/m0/s1. The molecule has 2 aliphatic rings. The van der Waals surface area contributed by atoms with Crippen LogP contribution in [0.5, 0.6) is 0 Å². The van der Waals surface area contributed by atoms with Gasteiger partial charge in [-0.3, -0.25) is 0 Å². The van der Waals surface area contributed by atoms with Crippen molar-refractivity contribution < 1.29 is 17.6 Å². The Balaban J connectivity index is 1.52. The van der Waals surface area contributed by atoms with Crippen molar-refractivity contribution in [3.05, 3.63) is 47.2 Å². The molecule has 1 atom stereocenters. The molecule has 1 aromatic carbocycles. The number of morpholine rings is 1. The maximum atomic E-state index is 13.0. The van der Waals surface area contributed by atoms with Crippen molar-refractivity contribution in [1.82, 2.24) is 14.5 Å². The SMILES string of the molecule is Cc1nnc([C@@H]2CN(S(=O)(=O)C3Cc4ccccc4C3)CCO2)o1. The van der Waals surface area contributed by atoms with Crippen molar-refractivity contribution in [3.63, 3.8) is 0 Å². The van der Waals surface area contributed by atoms with Gasteiger partial charge < -0.3 is 9.15 Å². The maximum absolute atomic E-state index is 13.0. The minimum absolute atomic E-state index is 0.219. The predicted octanol–water partition coefficient (Wildman–Crippen LogP) is 1.25. The highest BCUT2D eigenvalue weighted by atomic mass is 32.2. The minimum Gasteiger partial charge on any atom is -0.423 e. The van der Waals surface area contributed by atoms with Crippen LogP contribution in [0.15, 0.2) is 28.7 Å². The largest absolute Gasteiger partial charge is 0.423 e. The average Bonchev–Trinajstić information content (AvgIpc) is 3.21. The van der Waals surface area contributed by atoms with Gasteiger partial charge in [0.05, 0.1) is 11.9 Å². The van der Waals surface area contributed by atoms with Gasteiger partial charge in [-0.05, 0) is 24.0 Å². The molecule has 24 heavy (non-hydrogen) atoms. The third-order valence-electron chi connectivity index (χ3n) is 4.64. The van der Waals surface area contributed by atoms with Crippen molar-refractivity contribution in [3.8, 4) is 0 Å². The van der Waals surface area contributed by atoms with E-state index in [0.29, 0.717) is 37.8 Å². The monoisotopic (exact) mass is 349 g/mol. The first-order valence-corrected chi connectivity index (χ1v) is 9.52. The summed E-state index contributed by atoms with van der Waals surface area (Å²) in [6.45, 7) is 2.60. The zero-order valence-corrected chi connectivity index (χ0v) is 14.2. The van der Waals surface area contributed by atoms with E-state index in [9.17, 15) is 8.42 Å². The molecule has 128 valence electrons. The molecule has 0 amide bonds. The Morgan fingerprint density at radius 2 is 1.88 bits per heavy atom. The number of rotatable bonds is 3. The maximum Gasteiger partial charge on any atom is 0.246 e. The molecule has 7 nitrogen and oxygen atoms in total. The highest BCUT2D eigenvalue weighted by Gasteiger charge is 2.40. The summed E-state index contributed by atoms with van der Waals surface area (Å²) < 4.78 is 38.6. The Morgan fingerprint density at radius 3 is 2.50 bits per heavy atom. The van der Waals surface area contributed by atoms with Crippen LogP contribution in [-0.2, 0) is 27.6 Å². The molecule has 8 heteroatoms. The summed E-state index contributed by atoms with van der Waals surface area (Å²) in [4.78, 5) is 0. The second kappa shape index (κ2) is 5.94. The molecule has 4 rings (SSSR count). The van der Waals surface area contributed by atoms with Crippen LogP contribution < -0.4 is 0 Å². The van der Waals surface area contributed by atoms with Crippen LogP contribution in [0.25, 0.3) is 0 Å². The third-order valence-corrected chi connectivity index (χ3v) is 6.87. The molecule has 0 saturated carbocycles. The van der Waals surface area contributed by atoms with Gasteiger partial charge in [-0.25, -0.2) is 8.42 Å². The van der Waals surface area contributed by atoms with E-state index in [1.165, 1.54) is 4.31 Å². The minimum atomic E-state index is -3.40. The number of aryl methyl sites for hydroxylation is 1. The van der Waals surface area contributed by atoms with Gasteiger partial charge in [0.2, 0.25) is 21.8 Å². The second-order valence-electron chi connectivity index (χ2n) is 6.22. The topological polar surface area (TPSA) is 85.5 Å². The molecule has 1 fully saturated rings. The van der Waals surface area contributed by atoms with E-state index in [-0.39, 0.29) is 6.54 Å². The normalized spacial score (nSPS) is 22.6. The van der Waals surface area contributed by atoms with Crippen LogP contribution in [0, 0.1) is 6.92 Å². The summed E-state index contributed by atoms with van der Waals surface area (Å²) in [5, 5.41) is 7.34. The fourth-order valence-corrected chi connectivity index (χ4v) is 5.26. The molecule has 0 radical (unpaired) electrons. The second-order valence-corrected chi connectivity index (χ2v) is 8.43. The fourth-order valence-electron chi connectivity index (χ4n) is 3.39. The van der Waals surface area contributed by atoms with Gasteiger partial charge in [0.25, 0.3) is 0 Å². The van der Waals surface area contributed by atoms with Crippen LogP contribution in [0.4, 0.5) is 0 Å². The quantitative estimate of drug-likeness (QED) is 0.829. The van der Waals surface area contributed by atoms with Gasteiger partial charge in [0.15, 0.2) is 0 Å². The van der Waals surface area contributed by atoms with Crippen molar-refractivity contribution in [2.45, 2.75) is 31.1 Å². The number of ether oxygens (including phenoxy) is 1. The van der Waals surface area contributed by atoms with E-state index in [1.54, 1.807) is 6.92 Å². The first-order chi connectivity index (χ1) is 11.5. The molecular formula is C16H19N3O4S. The molecule has 0 bridgehead atoms. The molecular weight excluding hydrogens is 330 g/mol. The summed E-state index contributed by atoms with van der Waals surface area (Å²) >= 11 is 0. The summed E-state index contributed by atoms with van der Waals surface area (Å²) in [5.74, 6) is 0.780. The molecule has 2 heterocycles. The number of hydrogen-bond acceptors (Lipinski definition) is 6. The van der Waals surface area contributed by atoms with E-state index < -0.39 is 21.4 Å². The van der Waals surface area contributed by atoms with Gasteiger partial charge in [0, 0.05) is 20.0 Å². The van der Waals surface area contributed by atoms with E-state index in [0.717, 1.165) is 11.1 Å². The molecule has 1 aliphatic carbocycles. The Morgan fingerprint density at radius 1 is 1.17 bits per heavy atom. The number of benzene rings is 1. The van der Waals surface area contributed by atoms with Crippen molar-refractivity contribution in [2.75, 3.05) is 19.7 Å². The van der Waals surface area contributed by atoms with Crippen LogP contribution >= 0.6 is 0 Å². The lowest BCUT2D eigenvalue weighted by molar-refractivity contribution is -0.0179. The van der Waals surface area contributed by atoms with Gasteiger partial charge in [-0.2, -0.15) is 4.31 Å². The summed E-state index contributed by atoms with van der Waals surface area (Å²) in [6, 6.07) is 7.93. The third kappa shape index (κ3) is 2.74. The van der Waals surface area contributed by atoms with Crippen molar-refractivity contribution >= 4 is 10.0 Å². The average molecular weight is 349 g/mol. The molecule has 0 spiro atoms. The highest BCUT2D eigenvalue weighted by molar-refractivity contribution is 7.89. The lowest BCUT2D eigenvalue weighted by Gasteiger charge is -2.32.